The van der Waals surface area contributed by atoms with Crippen molar-refractivity contribution in [3.63, 3.8) is 0 Å². The highest BCUT2D eigenvalue weighted by Gasteiger charge is 2.14. The summed E-state index contributed by atoms with van der Waals surface area (Å²) in [4.78, 5) is 26.5. The Morgan fingerprint density at radius 3 is 2.48 bits per heavy atom. The van der Waals surface area contributed by atoms with Crippen LogP contribution in [0.3, 0.4) is 0 Å². The number of nitrogens with one attached hydrogen (secondary N) is 2. The van der Waals surface area contributed by atoms with E-state index in [1.807, 2.05) is 0 Å². The summed E-state index contributed by atoms with van der Waals surface area (Å²) < 4.78 is 10.3. The van der Waals surface area contributed by atoms with Crippen LogP contribution in [0.5, 0.6) is 11.5 Å². The molecule has 7 nitrogen and oxygen atoms in total. The van der Waals surface area contributed by atoms with Gasteiger partial charge in [-0.3, -0.25) is 4.79 Å². The number of rotatable bonds is 6. The number of aromatic amines is 1. The van der Waals surface area contributed by atoms with Gasteiger partial charge in [-0.1, -0.05) is 23.2 Å². The predicted octanol–water partition coefficient (Wildman–Crippen LogP) is 3.51. The summed E-state index contributed by atoms with van der Waals surface area (Å²) in [6, 6.07) is 7.91. The van der Waals surface area contributed by atoms with Gasteiger partial charge in [-0.15, -0.1) is 0 Å². The topological polar surface area (TPSA) is 103 Å². The Morgan fingerprint density at radius 1 is 1.10 bits per heavy atom. The smallest absolute Gasteiger partial charge is 0.248 e. The molecule has 0 aliphatic heterocycles. The molecule has 1 amide bonds. The number of aromatic carboxylic acids is 1. The van der Waals surface area contributed by atoms with Crippen LogP contribution in [0.1, 0.15) is 16.1 Å². The third-order valence-corrected chi connectivity index (χ3v) is 4.63. The Kier molecular flexibility index (Phi) is 6.00. The second kappa shape index (κ2) is 8.46. The maximum atomic E-state index is 12.3. The predicted molar refractivity (Wildman–Crippen MR) is 110 cm³/mol. The number of halogens is 2. The number of H-pyrrole nitrogens is 1. The number of methoxy groups -OCH3 is 2. The summed E-state index contributed by atoms with van der Waals surface area (Å²) in [7, 11) is 2.99. The molecule has 0 saturated carbocycles. The zero-order chi connectivity index (χ0) is 21.1. The second-order valence-corrected chi connectivity index (χ2v) is 6.75. The van der Waals surface area contributed by atoms with Crippen molar-refractivity contribution in [1.29, 1.82) is 0 Å². The van der Waals surface area contributed by atoms with Crippen LogP contribution in [0.25, 0.3) is 17.0 Å². The summed E-state index contributed by atoms with van der Waals surface area (Å²) in [6.07, 6.45) is 2.54. The zero-order valence-electron chi connectivity index (χ0n) is 15.3. The third-order valence-electron chi connectivity index (χ3n) is 4.11. The van der Waals surface area contributed by atoms with E-state index in [1.54, 1.807) is 18.2 Å². The van der Waals surface area contributed by atoms with E-state index in [1.165, 1.54) is 38.5 Å². The van der Waals surface area contributed by atoms with Crippen LogP contribution >= 0.6 is 23.2 Å². The van der Waals surface area contributed by atoms with E-state index in [4.69, 9.17) is 32.7 Å². The molecular formula is C20H15Cl2N2O5-. The van der Waals surface area contributed by atoms with E-state index in [0.29, 0.717) is 33.1 Å². The number of fused-ring (bicyclic) bond motifs is 1. The highest BCUT2D eigenvalue weighted by Crippen LogP contribution is 2.33. The molecule has 0 atom stereocenters. The molecule has 1 heterocycles. The van der Waals surface area contributed by atoms with E-state index >= 15 is 0 Å². The van der Waals surface area contributed by atoms with Crippen LogP contribution in [0.15, 0.2) is 36.4 Å². The number of ether oxygens (including phenoxy) is 2. The summed E-state index contributed by atoms with van der Waals surface area (Å²) in [5.41, 5.74) is 0.895. The van der Waals surface area contributed by atoms with Gasteiger partial charge in [0.05, 0.1) is 30.9 Å². The molecule has 150 valence electrons. The van der Waals surface area contributed by atoms with Gasteiger partial charge in [0.15, 0.2) is 11.5 Å². The highest BCUT2D eigenvalue weighted by molar-refractivity contribution is 6.39. The largest absolute Gasteiger partial charge is 0.543 e. The molecule has 0 spiro atoms. The Hall–Kier alpha value is -3.16. The van der Waals surface area contributed by atoms with Crippen LogP contribution < -0.4 is 19.9 Å². The first kappa shape index (κ1) is 20.6. The maximum Gasteiger partial charge on any atom is 0.248 e. The molecule has 3 aromatic rings. The van der Waals surface area contributed by atoms with Crippen molar-refractivity contribution in [1.82, 2.24) is 4.98 Å². The van der Waals surface area contributed by atoms with Gasteiger partial charge in [0.25, 0.3) is 0 Å². The van der Waals surface area contributed by atoms with E-state index in [2.05, 4.69) is 10.3 Å². The summed E-state index contributed by atoms with van der Waals surface area (Å²) in [5, 5.41) is 15.1. The van der Waals surface area contributed by atoms with Crippen LogP contribution in [-0.4, -0.2) is 31.1 Å². The number of amides is 1. The minimum Gasteiger partial charge on any atom is -0.543 e. The molecular weight excluding hydrogens is 419 g/mol. The summed E-state index contributed by atoms with van der Waals surface area (Å²) >= 11 is 12.2. The van der Waals surface area contributed by atoms with Crippen molar-refractivity contribution < 1.29 is 24.2 Å². The Bertz CT molecular complexity index is 1140. The third kappa shape index (κ3) is 4.31. The molecule has 3 rings (SSSR count). The number of carboxylic acid groups (broad SMARTS) is 1. The van der Waals surface area contributed by atoms with Crippen molar-refractivity contribution in [2.45, 2.75) is 0 Å². The molecule has 9 heteroatoms. The van der Waals surface area contributed by atoms with Gasteiger partial charge in [0, 0.05) is 39.3 Å². The number of aromatic nitrogens is 1. The van der Waals surface area contributed by atoms with Crippen LogP contribution in [-0.2, 0) is 4.79 Å². The first-order valence-corrected chi connectivity index (χ1v) is 9.02. The van der Waals surface area contributed by atoms with Crippen molar-refractivity contribution in [2.75, 3.05) is 19.5 Å². The number of anilines is 1. The average Bonchev–Trinajstić information content (AvgIpc) is 3.05. The van der Waals surface area contributed by atoms with E-state index in [9.17, 15) is 14.7 Å². The first-order chi connectivity index (χ1) is 13.8. The van der Waals surface area contributed by atoms with E-state index in [-0.39, 0.29) is 16.3 Å². The lowest BCUT2D eigenvalue weighted by Gasteiger charge is -2.09. The summed E-state index contributed by atoms with van der Waals surface area (Å²) in [5.74, 6) is -0.949. The quantitative estimate of drug-likeness (QED) is 0.578. The molecule has 2 aromatic carbocycles. The minimum absolute atomic E-state index is 0.209. The molecule has 0 aliphatic carbocycles. The lowest BCUT2D eigenvalue weighted by atomic mass is 10.1. The molecule has 0 radical (unpaired) electrons. The number of benzene rings is 2. The normalized spacial score (nSPS) is 11.0. The Morgan fingerprint density at radius 2 is 1.83 bits per heavy atom. The molecule has 29 heavy (non-hydrogen) atoms. The molecule has 0 saturated heterocycles. The van der Waals surface area contributed by atoms with Gasteiger partial charge in [0.2, 0.25) is 5.91 Å². The van der Waals surface area contributed by atoms with Gasteiger partial charge >= 0.3 is 0 Å². The van der Waals surface area contributed by atoms with E-state index < -0.39 is 11.9 Å². The standard InChI is InChI=1S/C20H16Cl2N2O5/c1-28-15-5-3-11(9-16(15)29-2)23-17(25)6-4-12-18-13(22)7-10(21)8-14(18)24-19(12)20(26)27/h3-9,24H,1-2H3,(H,23,25)(H,26,27)/p-1/b6-4+. The molecule has 0 bridgehead atoms. The highest BCUT2D eigenvalue weighted by atomic mass is 35.5. The van der Waals surface area contributed by atoms with E-state index in [0.717, 1.165) is 0 Å². The summed E-state index contributed by atoms with van der Waals surface area (Å²) in [6.45, 7) is 0. The number of carboxylic acids is 1. The SMILES string of the molecule is COc1ccc(NC(=O)/C=C/c2c(C(=O)[O-])[nH]c3cc(Cl)cc(Cl)c23)cc1OC. The lowest BCUT2D eigenvalue weighted by molar-refractivity contribution is -0.255. The molecule has 0 unspecified atom stereocenters. The van der Waals surface area contributed by atoms with Gasteiger partial charge < -0.3 is 29.7 Å². The lowest BCUT2D eigenvalue weighted by Crippen LogP contribution is -2.23. The second-order valence-electron chi connectivity index (χ2n) is 5.90. The van der Waals surface area contributed by atoms with Gasteiger partial charge in [-0.25, -0.2) is 0 Å². The fourth-order valence-electron chi connectivity index (χ4n) is 2.86. The van der Waals surface area contributed by atoms with Crippen LogP contribution in [0.2, 0.25) is 10.0 Å². The monoisotopic (exact) mass is 433 g/mol. The molecule has 2 N–H and O–H groups in total. The molecule has 1 aromatic heterocycles. The number of hydrogen-bond donors (Lipinski definition) is 2. The molecule has 0 aliphatic rings. The zero-order valence-corrected chi connectivity index (χ0v) is 16.9. The van der Waals surface area contributed by atoms with Gasteiger partial charge in [-0.2, -0.15) is 0 Å². The Labute approximate surface area is 175 Å². The minimum atomic E-state index is -1.44. The average molecular weight is 434 g/mol. The van der Waals surface area contributed by atoms with Crippen molar-refractivity contribution in [3.05, 3.63) is 57.7 Å². The number of carbonyl (C=O) groups is 2. The number of carbonyl (C=O) groups excluding carboxylic acids is 2. The fraction of sp³-hybridized carbons (Fsp3) is 0.100. The van der Waals surface area contributed by atoms with Crippen molar-refractivity contribution in [3.8, 4) is 11.5 Å². The first-order valence-electron chi connectivity index (χ1n) is 8.27. The van der Waals surface area contributed by atoms with Gasteiger partial charge in [-0.05, 0) is 30.3 Å². The maximum absolute atomic E-state index is 12.3. The fourth-order valence-corrected chi connectivity index (χ4v) is 3.45. The Balaban J connectivity index is 1.91. The number of hydrogen-bond acceptors (Lipinski definition) is 5. The van der Waals surface area contributed by atoms with Gasteiger partial charge in [0.1, 0.15) is 0 Å². The van der Waals surface area contributed by atoms with Crippen LogP contribution in [0.4, 0.5) is 5.69 Å². The van der Waals surface area contributed by atoms with Crippen molar-refractivity contribution in [2.24, 2.45) is 0 Å². The molecule has 0 fully saturated rings. The van der Waals surface area contributed by atoms with Crippen LogP contribution in [0, 0.1) is 0 Å². The van der Waals surface area contributed by atoms with Crippen molar-refractivity contribution >= 4 is 57.7 Å².